The Labute approximate surface area is 222 Å². The Bertz CT molecular complexity index is 1090. The predicted octanol–water partition coefficient (Wildman–Crippen LogP) is 4.39. The van der Waals surface area contributed by atoms with Crippen molar-refractivity contribution in [2.24, 2.45) is 0 Å². The highest BCUT2D eigenvalue weighted by atomic mass is 32.2. The van der Waals surface area contributed by atoms with Crippen LogP contribution in [0.4, 0.5) is 0 Å². The Hall–Kier alpha value is -2.71. The molecule has 1 atom stereocenters. The van der Waals surface area contributed by atoms with Crippen molar-refractivity contribution in [2.75, 3.05) is 20.1 Å². The van der Waals surface area contributed by atoms with Gasteiger partial charge in [-0.2, -0.15) is 0 Å². The summed E-state index contributed by atoms with van der Waals surface area (Å²) in [7, 11) is -2.08. The summed E-state index contributed by atoms with van der Waals surface area (Å²) in [5.41, 5.74) is 1.11. The molecular weight excluding hydrogens is 486 g/mol. The van der Waals surface area contributed by atoms with Crippen molar-refractivity contribution in [3.8, 4) is 0 Å². The zero-order valence-corrected chi connectivity index (χ0v) is 23.0. The molecule has 0 saturated heterocycles. The van der Waals surface area contributed by atoms with Gasteiger partial charge in [0.2, 0.25) is 21.8 Å². The zero-order chi connectivity index (χ0) is 26.7. The van der Waals surface area contributed by atoms with Gasteiger partial charge in [0.15, 0.2) is 0 Å². The average molecular weight is 528 g/mol. The molecule has 1 fully saturated rings. The van der Waals surface area contributed by atoms with Gasteiger partial charge in [-0.1, -0.05) is 74.7 Å². The molecule has 0 aliphatic heterocycles. The molecule has 0 spiro atoms. The van der Waals surface area contributed by atoms with Crippen molar-refractivity contribution in [1.29, 1.82) is 0 Å². The van der Waals surface area contributed by atoms with E-state index in [0.29, 0.717) is 25.8 Å². The smallest absolute Gasteiger partial charge is 0.243 e. The molecule has 0 heterocycles. The minimum Gasteiger partial charge on any atom is -0.352 e. The molecule has 1 saturated carbocycles. The number of carbonyl (C=O) groups is 2. The van der Waals surface area contributed by atoms with E-state index in [4.69, 9.17) is 0 Å². The monoisotopic (exact) mass is 527 g/mol. The molecule has 37 heavy (non-hydrogen) atoms. The molecule has 2 aromatic carbocycles. The first kappa shape index (κ1) is 28.9. The quantitative estimate of drug-likeness (QED) is 0.419. The molecule has 0 aromatic heterocycles. The minimum absolute atomic E-state index is 0.0837. The molecule has 3 rings (SSSR count). The van der Waals surface area contributed by atoms with Crippen molar-refractivity contribution >= 4 is 21.8 Å². The fourth-order valence-electron chi connectivity index (χ4n) is 4.93. The van der Waals surface area contributed by atoms with Crippen molar-refractivity contribution in [3.05, 3.63) is 66.2 Å². The van der Waals surface area contributed by atoms with Crippen LogP contribution < -0.4 is 5.32 Å². The molecular formula is C29H41N3O4S. The van der Waals surface area contributed by atoms with E-state index in [1.807, 2.05) is 37.3 Å². The second-order valence-corrected chi connectivity index (χ2v) is 11.9. The van der Waals surface area contributed by atoms with Crippen molar-refractivity contribution in [2.45, 2.75) is 81.7 Å². The van der Waals surface area contributed by atoms with Crippen molar-refractivity contribution < 1.29 is 18.0 Å². The van der Waals surface area contributed by atoms with Crippen LogP contribution in [-0.4, -0.2) is 61.7 Å². The lowest BCUT2D eigenvalue weighted by molar-refractivity contribution is -0.141. The van der Waals surface area contributed by atoms with Gasteiger partial charge in [0.05, 0.1) is 4.90 Å². The number of rotatable bonds is 13. The SMILES string of the molecule is CC[C@H](C(=O)NC1CCCCC1)N(CCc1ccccc1)C(=O)CCCN(C)S(=O)(=O)c1ccccc1. The lowest BCUT2D eigenvalue weighted by atomic mass is 9.95. The van der Waals surface area contributed by atoms with Gasteiger partial charge in [0.1, 0.15) is 6.04 Å². The molecule has 0 radical (unpaired) electrons. The van der Waals surface area contributed by atoms with Gasteiger partial charge in [0, 0.05) is 32.6 Å². The number of sulfonamides is 1. The molecule has 2 aromatic rings. The summed E-state index contributed by atoms with van der Waals surface area (Å²) in [5.74, 6) is -0.202. The van der Waals surface area contributed by atoms with E-state index in [-0.39, 0.29) is 35.7 Å². The predicted molar refractivity (Wildman–Crippen MR) is 146 cm³/mol. The standard InChI is InChI=1S/C29H41N3O4S/c1-3-27(29(34)30-25-16-9-5-10-17-25)32(23-21-24-14-7-4-8-15-24)28(33)20-13-22-31(2)37(35,36)26-18-11-6-12-19-26/h4,6-8,11-12,14-15,18-19,25,27H,3,5,9-10,13,16-17,20-23H2,1-2H3,(H,30,34)/t27-/m1/s1. The highest BCUT2D eigenvalue weighted by Gasteiger charge is 2.30. The first-order valence-electron chi connectivity index (χ1n) is 13.5. The Morgan fingerprint density at radius 2 is 1.57 bits per heavy atom. The van der Waals surface area contributed by atoms with Crippen LogP contribution in [0.5, 0.6) is 0 Å². The van der Waals surface area contributed by atoms with Crippen LogP contribution in [0, 0.1) is 0 Å². The summed E-state index contributed by atoms with van der Waals surface area (Å²) in [4.78, 5) is 28.7. The first-order valence-corrected chi connectivity index (χ1v) is 14.9. The molecule has 0 unspecified atom stereocenters. The fraction of sp³-hybridized carbons (Fsp3) is 0.517. The second-order valence-electron chi connectivity index (χ2n) is 9.83. The summed E-state index contributed by atoms with van der Waals surface area (Å²) < 4.78 is 26.9. The maximum absolute atomic E-state index is 13.4. The van der Waals surface area contributed by atoms with E-state index in [0.717, 1.165) is 31.2 Å². The third-order valence-electron chi connectivity index (χ3n) is 7.14. The summed E-state index contributed by atoms with van der Waals surface area (Å²) in [6, 6.07) is 17.9. The van der Waals surface area contributed by atoms with E-state index in [1.54, 1.807) is 35.2 Å². The molecule has 7 nitrogen and oxygen atoms in total. The third-order valence-corrected chi connectivity index (χ3v) is 9.01. The fourth-order valence-corrected chi connectivity index (χ4v) is 6.16. The Morgan fingerprint density at radius 1 is 0.946 bits per heavy atom. The van der Waals surface area contributed by atoms with Crippen molar-refractivity contribution in [3.63, 3.8) is 0 Å². The van der Waals surface area contributed by atoms with E-state index >= 15 is 0 Å². The molecule has 8 heteroatoms. The van der Waals surface area contributed by atoms with E-state index in [1.165, 1.54) is 17.8 Å². The lowest BCUT2D eigenvalue weighted by Crippen LogP contribution is -2.52. The molecule has 1 N–H and O–H groups in total. The van der Waals surface area contributed by atoms with Gasteiger partial charge in [-0.05, 0) is 49.8 Å². The maximum atomic E-state index is 13.4. The van der Waals surface area contributed by atoms with E-state index in [9.17, 15) is 18.0 Å². The number of amides is 2. The Balaban J connectivity index is 1.65. The van der Waals surface area contributed by atoms with Crippen LogP contribution in [0.2, 0.25) is 0 Å². The van der Waals surface area contributed by atoms with Gasteiger partial charge < -0.3 is 10.2 Å². The van der Waals surface area contributed by atoms with Crippen molar-refractivity contribution in [1.82, 2.24) is 14.5 Å². The molecule has 1 aliphatic rings. The van der Waals surface area contributed by atoms with Crippen LogP contribution in [0.15, 0.2) is 65.6 Å². The number of hydrogen-bond donors (Lipinski definition) is 1. The first-order chi connectivity index (χ1) is 17.8. The highest BCUT2D eigenvalue weighted by Crippen LogP contribution is 2.19. The van der Waals surface area contributed by atoms with E-state index in [2.05, 4.69) is 5.32 Å². The van der Waals surface area contributed by atoms with E-state index < -0.39 is 16.1 Å². The normalized spacial score (nSPS) is 15.3. The molecule has 1 aliphatic carbocycles. The van der Waals surface area contributed by atoms with Crippen LogP contribution >= 0.6 is 0 Å². The van der Waals surface area contributed by atoms with Crippen LogP contribution in [0.25, 0.3) is 0 Å². The summed E-state index contributed by atoms with van der Waals surface area (Å²) in [6.45, 7) is 2.60. The minimum atomic E-state index is -3.61. The number of nitrogens with one attached hydrogen (secondary N) is 1. The molecule has 0 bridgehead atoms. The molecule has 202 valence electrons. The lowest BCUT2D eigenvalue weighted by Gasteiger charge is -2.33. The number of carbonyl (C=O) groups excluding carboxylic acids is 2. The van der Waals surface area contributed by atoms with Crippen LogP contribution in [0.1, 0.15) is 63.9 Å². The second kappa shape index (κ2) is 14.3. The van der Waals surface area contributed by atoms with Gasteiger partial charge in [-0.3, -0.25) is 9.59 Å². The topological polar surface area (TPSA) is 86.8 Å². The highest BCUT2D eigenvalue weighted by molar-refractivity contribution is 7.89. The Morgan fingerprint density at radius 3 is 2.19 bits per heavy atom. The number of hydrogen-bond acceptors (Lipinski definition) is 4. The molecule has 2 amide bonds. The van der Waals surface area contributed by atoms with Crippen LogP contribution in [-0.2, 0) is 26.0 Å². The summed E-state index contributed by atoms with van der Waals surface area (Å²) in [6.07, 6.45) is 7.17. The van der Waals surface area contributed by atoms with Gasteiger partial charge in [0.25, 0.3) is 0 Å². The van der Waals surface area contributed by atoms with Gasteiger partial charge in [-0.25, -0.2) is 12.7 Å². The largest absolute Gasteiger partial charge is 0.352 e. The summed E-state index contributed by atoms with van der Waals surface area (Å²) >= 11 is 0. The van der Waals surface area contributed by atoms with Gasteiger partial charge in [-0.15, -0.1) is 0 Å². The van der Waals surface area contributed by atoms with Crippen LogP contribution in [0.3, 0.4) is 0 Å². The number of benzene rings is 2. The summed E-state index contributed by atoms with van der Waals surface area (Å²) in [5, 5.41) is 3.20. The number of nitrogens with zero attached hydrogens (tertiary/aromatic N) is 2. The zero-order valence-electron chi connectivity index (χ0n) is 22.1. The van der Waals surface area contributed by atoms with Gasteiger partial charge >= 0.3 is 0 Å². The average Bonchev–Trinajstić information content (AvgIpc) is 2.92. The third kappa shape index (κ3) is 8.40. The Kier molecular flexibility index (Phi) is 11.1. The maximum Gasteiger partial charge on any atom is 0.243 e.